The molecule has 0 amide bonds. The number of hydrogen-bond donors (Lipinski definition) is 0. The predicted molar refractivity (Wildman–Crippen MR) is 103 cm³/mol. The molecule has 4 aromatic rings. The molecule has 1 aliphatic rings. The molecule has 0 N–H and O–H groups in total. The number of halogens is 4. The van der Waals surface area contributed by atoms with E-state index in [9.17, 15) is 13.2 Å². The van der Waals surface area contributed by atoms with Gasteiger partial charge in [-0.25, -0.2) is 13.2 Å². The van der Waals surface area contributed by atoms with Gasteiger partial charge in [-0.3, -0.25) is 4.98 Å². The minimum absolute atomic E-state index is 0.0155. The van der Waals surface area contributed by atoms with Crippen LogP contribution in [0.15, 0.2) is 65.4 Å². The Balaban J connectivity index is 1.79. The van der Waals surface area contributed by atoms with Crippen LogP contribution in [0.2, 0.25) is 5.02 Å². The molecule has 0 bridgehead atoms. The van der Waals surface area contributed by atoms with E-state index in [4.69, 9.17) is 20.9 Å². The molecule has 0 radical (unpaired) electrons. The van der Waals surface area contributed by atoms with Crippen molar-refractivity contribution in [3.8, 4) is 22.6 Å². The highest BCUT2D eigenvalue weighted by molar-refractivity contribution is 6.30. The fourth-order valence-electron chi connectivity index (χ4n) is 3.52. The minimum atomic E-state index is -1.05. The molecule has 1 aliphatic heterocycles. The van der Waals surface area contributed by atoms with E-state index in [0.717, 1.165) is 18.2 Å². The first-order valence-corrected chi connectivity index (χ1v) is 9.33. The van der Waals surface area contributed by atoms with Gasteiger partial charge in [0.2, 0.25) is 0 Å². The maximum atomic E-state index is 14.7. The second-order valence-electron chi connectivity index (χ2n) is 6.84. The maximum absolute atomic E-state index is 14.7. The van der Waals surface area contributed by atoms with Gasteiger partial charge in [0.1, 0.15) is 28.7 Å². The average Bonchev–Trinajstić information content (AvgIpc) is 3.42. The summed E-state index contributed by atoms with van der Waals surface area (Å²) in [5.74, 6) is -2.16. The van der Waals surface area contributed by atoms with Crippen LogP contribution in [0.25, 0.3) is 22.6 Å². The van der Waals surface area contributed by atoms with Crippen LogP contribution in [-0.2, 0) is 10.3 Å². The van der Waals surface area contributed by atoms with Gasteiger partial charge in [0.25, 0.3) is 0 Å². The van der Waals surface area contributed by atoms with Crippen LogP contribution in [0.1, 0.15) is 11.1 Å². The molecular weight excluding hydrogens is 417 g/mol. The smallest absolute Gasteiger partial charge is 0.177 e. The zero-order chi connectivity index (χ0) is 20.9. The van der Waals surface area contributed by atoms with E-state index in [1.807, 2.05) is 0 Å². The highest BCUT2D eigenvalue weighted by Gasteiger charge is 2.54. The summed E-state index contributed by atoms with van der Waals surface area (Å²) < 4.78 is 54.1. The third-order valence-corrected chi connectivity index (χ3v) is 5.25. The van der Waals surface area contributed by atoms with Crippen LogP contribution in [-0.4, -0.2) is 16.7 Å². The third-order valence-electron chi connectivity index (χ3n) is 5.02. The van der Waals surface area contributed by atoms with E-state index in [2.05, 4.69) is 10.1 Å². The van der Waals surface area contributed by atoms with Crippen molar-refractivity contribution in [1.29, 1.82) is 0 Å². The van der Waals surface area contributed by atoms with Crippen LogP contribution in [0, 0.1) is 17.5 Å². The second-order valence-corrected chi connectivity index (χ2v) is 7.28. The highest BCUT2D eigenvalue weighted by atomic mass is 35.5. The minimum Gasteiger partial charge on any atom is -0.359 e. The zero-order valence-corrected chi connectivity index (χ0v) is 16.0. The zero-order valence-electron chi connectivity index (χ0n) is 15.2. The summed E-state index contributed by atoms with van der Waals surface area (Å²) >= 11 is 5.88. The number of ether oxygens (including phenoxy) is 1. The van der Waals surface area contributed by atoms with Gasteiger partial charge in [-0.2, -0.15) is 0 Å². The average molecular weight is 429 g/mol. The van der Waals surface area contributed by atoms with E-state index in [-0.39, 0.29) is 34.2 Å². The molecule has 2 aromatic heterocycles. The van der Waals surface area contributed by atoms with E-state index >= 15 is 0 Å². The number of benzene rings is 2. The molecule has 30 heavy (non-hydrogen) atoms. The van der Waals surface area contributed by atoms with Gasteiger partial charge in [0, 0.05) is 34.6 Å². The Hall–Kier alpha value is -3.16. The molecule has 150 valence electrons. The first kappa shape index (κ1) is 18.8. The van der Waals surface area contributed by atoms with E-state index in [0.29, 0.717) is 11.1 Å². The van der Waals surface area contributed by atoms with Crippen molar-refractivity contribution >= 4 is 11.6 Å². The molecule has 1 saturated heterocycles. The predicted octanol–water partition coefficient (Wildman–Crippen LogP) is 5.75. The van der Waals surface area contributed by atoms with Gasteiger partial charge < -0.3 is 9.26 Å². The van der Waals surface area contributed by atoms with E-state index in [1.54, 1.807) is 24.5 Å². The lowest BCUT2D eigenvalue weighted by molar-refractivity contribution is 0.347. The Morgan fingerprint density at radius 2 is 1.73 bits per heavy atom. The van der Waals surface area contributed by atoms with Gasteiger partial charge in [0.15, 0.2) is 5.76 Å². The number of hydrogen-bond acceptors (Lipinski definition) is 4. The third kappa shape index (κ3) is 2.98. The van der Waals surface area contributed by atoms with Crippen molar-refractivity contribution in [3.63, 3.8) is 0 Å². The number of rotatable bonds is 4. The summed E-state index contributed by atoms with van der Waals surface area (Å²) in [7, 11) is 0. The Labute approximate surface area is 173 Å². The van der Waals surface area contributed by atoms with Crippen molar-refractivity contribution < 1.29 is 22.4 Å². The molecule has 1 unspecified atom stereocenters. The normalized spacial score (nSPS) is 17.9. The number of epoxide rings is 1. The Bertz CT molecular complexity index is 1190. The molecule has 1 atom stereocenters. The summed E-state index contributed by atoms with van der Waals surface area (Å²) in [5, 5.41) is 4.25. The van der Waals surface area contributed by atoms with Gasteiger partial charge in [-0.05, 0) is 36.4 Å². The lowest BCUT2D eigenvalue weighted by Crippen LogP contribution is -2.13. The van der Waals surface area contributed by atoms with Gasteiger partial charge >= 0.3 is 0 Å². The molecule has 1 fully saturated rings. The molecule has 8 heteroatoms. The summed E-state index contributed by atoms with van der Waals surface area (Å²) in [4.78, 5) is 4.12. The summed E-state index contributed by atoms with van der Waals surface area (Å²) in [6.07, 6.45) is 3.21. The largest absolute Gasteiger partial charge is 0.359 e. The fraction of sp³-hybridized carbons (Fsp3) is 0.0909. The second kappa shape index (κ2) is 6.97. The van der Waals surface area contributed by atoms with Crippen LogP contribution in [0.4, 0.5) is 13.2 Å². The molecule has 5 rings (SSSR count). The molecule has 2 aromatic carbocycles. The standard InChI is InChI=1S/C22H12ClF3N2O2/c23-13-3-5-15(17(25)8-13)20-19(22(11-29-22)12-2-1-7-27-10-12)21(30-28-20)16-6-4-14(24)9-18(16)26/h1-10H,11H2. The van der Waals surface area contributed by atoms with Crippen molar-refractivity contribution in [2.75, 3.05) is 6.61 Å². The number of nitrogens with zero attached hydrogens (tertiary/aromatic N) is 2. The summed E-state index contributed by atoms with van der Waals surface area (Å²) in [5.41, 5.74) is 0.203. The van der Waals surface area contributed by atoms with Crippen LogP contribution in [0.3, 0.4) is 0 Å². The summed E-state index contributed by atoms with van der Waals surface area (Å²) in [6, 6.07) is 10.7. The lowest BCUT2D eigenvalue weighted by atomic mass is 9.87. The van der Waals surface area contributed by atoms with Gasteiger partial charge in [-0.1, -0.05) is 22.8 Å². The van der Waals surface area contributed by atoms with E-state index in [1.165, 1.54) is 18.2 Å². The SMILES string of the molecule is Fc1ccc(-c2onc(-c3ccc(Cl)cc3F)c2C2(c3cccnc3)CO2)c(F)c1. The lowest BCUT2D eigenvalue weighted by Gasteiger charge is -2.14. The first-order valence-electron chi connectivity index (χ1n) is 8.95. The monoisotopic (exact) mass is 428 g/mol. The molecule has 0 spiro atoms. The number of pyridine rings is 1. The van der Waals surface area contributed by atoms with Crippen LogP contribution < -0.4 is 0 Å². The topological polar surface area (TPSA) is 51.5 Å². The quantitative estimate of drug-likeness (QED) is 0.388. The Morgan fingerprint density at radius 3 is 2.40 bits per heavy atom. The molecule has 0 aliphatic carbocycles. The Morgan fingerprint density at radius 1 is 0.967 bits per heavy atom. The van der Waals surface area contributed by atoms with Crippen molar-refractivity contribution in [1.82, 2.24) is 10.1 Å². The molecule has 3 heterocycles. The van der Waals surface area contributed by atoms with Gasteiger partial charge in [-0.15, -0.1) is 0 Å². The van der Waals surface area contributed by atoms with Crippen LogP contribution >= 0.6 is 11.6 Å². The molecule has 4 nitrogen and oxygen atoms in total. The maximum Gasteiger partial charge on any atom is 0.177 e. The number of aromatic nitrogens is 2. The summed E-state index contributed by atoms with van der Waals surface area (Å²) in [6.45, 7) is 0.234. The highest BCUT2D eigenvalue weighted by Crippen LogP contribution is 2.52. The molecular formula is C22H12ClF3N2O2. The first-order chi connectivity index (χ1) is 14.5. The van der Waals surface area contributed by atoms with Crippen molar-refractivity contribution in [3.05, 3.63) is 94.5 Å². The Kier molecular flexibility index (Phi) is 4.38. The van der Waals surface area contributed by atoms with Crippen LogP contribution in [0.5, 0.6) is 0 Å². The van der Waals surface area contributed by atoms with E-state index < -0.39 is 23.1 Å². The molecule has 0 saturated carbocycles. The van der Waals surface area contributed by atoms with Gasteiger partial charge in [0.05, 0.1) is 17.7 Å². The van der Waals surface area contributed by atoms with Crippen molar-refractivity contribution in [2.45, 2.75) is 5.60 Å². The fourth-order valence-corrected chi connectivity index (χ4v) is 3.68. The van der Waals surface area contributed by atoms with Crippen molar-refractivity contribution in [2.24, 2.45) is 0 Å².